The lowest BCUT2D eigenvalue weighted by atomic mass is 9.63. The van der Waals surface area contributed by atoms with E-state index in [9.17, 15) is 14.7 Å². The molecule has 0 amide bonds. The first-order valence-corrected chi connectivity index (χ1v) is 9.40. The molecule has 1 aliphatic rings. The Labute approximate surface area is 168 Å². The van der Waals surface area contributed by atoms with Crippen LogP contribution in [0.25, 0.3) is 0 Å². The third-order valence-electron chi connectivity index (χ3n) is 5.05. The predicted molar refractivity (Wildman–Crippen MR) is 100 cm³/mol. The zero-order valence-corrected chi connectivity index (χ0v) is 17.5. The number of halogens is 1. The maximum absolute atomic E-state index is 12.4. The van der Waals surface area contributed by atoms with Crippen LogP contribution >= 0.6 is 0 Å². The van der Waals surface area contributed by atoms with Gasteiger partial charge in [-0.1, -0.05) is 32.9 Å². The molecule has 1 aromatic rings. The molecule has 5 nitrogen and oxygen atoms in total. The van der Waals surface area contributed by atoms with Crippen LogP contribution in [0.3, 0.4) is 0 Å². The molecule has 2 unspecified atom stereocenters. The van der Waals surface area contributed by atoms with E-state index in [2.05, 4.69) is 26.1 Å². The molecule has 3 N–H and O–H groups in total. The zero-order chi connectivity index (χ0) is 19.4. The third-order valence-corrected chi connectivity index (χ3v) is 5.05. The molecule has 0 saturated heterocycles. The van der Waals surface area contributed by atoms with Gasteiger partial charge >= 0.3 is 5.97 Å². The van der Waals surface area contributed by atoms with E-state index in [1.54, 1.807) is 24.3 Å². The van der Waals surface area contributed by atoms with Crippen molar-refractivity contribution in [2.24, 2.45) is 10.8 Å². The highest BCUT2D eigenvalue weighted by Crippen LogP contribution is 2.45. The van der Waals surface area contributed by atoms with Crippen molar-refractivity contribution in [3.05, 3.63) is 29.8 Å². The van der Waals surface area contributed by atoms with Gasteiger partial charge in [-0.3, -0.25) is 9.59 Å². The fraction of sp³-hybridized carbons (Fsp3) is 0.619. The van der Waals surface area contributed by atoms with Crippen LogP contribution in [0.5, 0.6) is 5.75 Å². The highest BCUT2D eigenvalue weighted by atomic mass is 35.5. The number of ether oxygens (including phenoxy) is 1. The summed E-state index contributed by atoms with van der Waals surface area (Å²) in [5, 5.41) is 12.3. The maximum atomic E-state index is 12.4. The van der Waals surface area contributed by atoms with Crippen molar-refractivity contribution in [3.8, 4) is 5.75 Å². The highest BCUT2D eigenvalue weighted by Gasteiger charge is 2.41. The Bertz CT molecular complexity index is 661. The van der Waals surface area contributed by atoms with Crippen LogP contribution in [0.2, 0.25) is 0 Å². The number of carbonyl (C=O) groups is 2. The van der Waals surface area contributed by atoms with Crippen LogP contribution in [0.15, 0.2) is 24.3 Å². The third kappa shape index (κ3) is 7.60. The summed E-state index contributed by atoms with van der Waals surface area (Å²) < 4.78 is 5.03. The Balaban J connectivity index is 0.00000364. The van der Waals surface area contributed by atoms with Crippen LogP contribution in [0, 0.1) is 10.8 Å². The molecule has 1 fully saturated rings. The van der Waals surface area contributed by atoms with E-state index in [0.29, 0.717) is 24.3 Å². The number of quaternary nitrogens is 1. The van der Waals surface area contributed by atoms with Crippen LogP contribution in [-0.2, 0) is 4.79 Å². The Morgan fingerprint density at radius 1 is 1.26 bits per heavy atom. The summed E-state index contributed by atoms with van der Waals surface area (Å²) in [6.45, 7) is 9.63. The summed E-state index contributed by atoms with van der Waals surface area (Å²) in [6.07, 6.45) is 2.98. The summed E-state index contributed by atoms with van der Waals surface area (Å²) in [4.78, 5) is 23.4. The van der Waals surface area contributed by atoms with Gasteiger partial charge in [0.15, 0.2) is 5.78 Å². The summed E-state index contributed by atoms with van der Waals surface area (Å²) >= 11 is 0. The SMILES string of the molecule is CC(=O)Oc1cccc(C(=O)CC[NH2+]CC2(C)CC(O)CC(C)(C)C2)c1.[Cl-]. The largest absolute Gasteiger partial charge is 1.00 e. The minimum atomic E-state index is -0.395. The monoisotopic (exact) mass is 397 g/mol. The second-order valence-electron chi connectivity index (χ2n) is 8.79. The number of hydrogen-bond acceptors (Lipinski definition) is 4. The van der Waals surface area contributed by atoms with Crippen molar-refractivity contribution in [1.82, 2.24) is 0 Å². The normalized spacial score (nSPS) is 24.0. The molecule has 152 valence electrons. The second kappa shape index (κ2) is 9.67. The van der Waals surface area contributed by atoms with Gasteiger partial charge in [-0.15, -0.1) is 0 Å². The minimum Gasteiger partial charge on any atom is -1.00 e. The molecule has 0 heterocycles. The molecule has 1 aliphatic carbocycles. The molecule has 2 rings (SSSR count). The van der Waals surface area contributed by atoms with Crippen LogP contribution in [0.1, 0.15) is 63.7 Å². The molecule has 0 bridgehead atoms. The summed E-state index contributed by atoms with van der Waals surface area (Å²) in [5.74, 6) is 0.0523. The molecule has 1 saturated carbocycles. The average Bonchev–Trinajstić information content (AvgIpc) is 2.48. The molecular formula is C21H32ClNO4. The summed E-state index contributed by atoms with van der Waals surface area (Å²) in [5.41, 5.74) is 0.824. The number of benzene rings is 1. The number of carbonyl (C=O) groups excluding carboxylic acids is 2. The van der Waals surface area contributed by atoms with Gasteiger partial charge in [0, 0.05) is 17.9 Å². The second-order valence-corrected chi connectivity index (χ2v) is 8.79. The van der Waals surface area contributed by atoms with Crippen molar-refractivity contribution < 1.29 is 37.2 Å². The molecule has 27 heavy (non-hydrogen) atoms. The highest BCUT2D eigenvalue weighted by molar-refractivity contribution is 5.96. The van der Waals surface area contributed by atoms with Gasteiger partial charge in [-0.25, -0.2) is 0 Å². The number of nitrogens with two attached hydrogens (primary N) is 1. The van der Waals surface area contributed by atoms with Crippen LogP contribution in [-0.4, -0.2) is 36.1 Å². The number of hydrogen-bond donors (Lipinski definition) is 2. The fourth-order valence-corrected chi connectivity index (χ4v) is 4.46. The summed E-state index contributed by atoms with van der Waals surface area (Å²) in [7, 11) is 0. The van der Waals surface area contributed by atoms with E-state index < -0.39 is 5.97 Å². The maximum Gasteiger partial charge on any atom is 0.308 e. The van der Waals surface area contributed by atoms with Gasteiger partial charge in [-0.2, -0.15) is 0 Å². The number of esters is 1. The first kappa shape index (κ1) is 23.6. The average molecular weight is 398 g/mol. The number of Topliss-reactive ketones (excluding diaryl/α,β-unsaturated/α-hetero) is 1. The van der Waals surface area contributed by atoms with Gasteiger partial charge in [-0.05, 0) is 36.8 Å². The quantitative estimate of drug-likeness (QED) is 0.277. The Kier molecular flexibility index (Phi) is 8.46. The van der Waals surface area contributed by atoms with Crippen molar-refractivity contribution in [3.63, 3.8) is 0 Å². The van der Waals surface area contributed by atoms with Gasteiger partial charge in [0.1, 0.15) is 5.75 Å². The van der Waals surface area contributed by atoms with Gasteiger partial charge in [0.2, 0.25) is 0 Å². The van der Waals surface area contributed by atoms with Gasteiger partial charge in [0.05, 0.1) is 25.6 Å². The van der Waals surface area contributed by atoms with E-state index in [0.717, 1.165) is 25.8 Å². The lowest BCUT2D eigenvalue weighted by Crippen LogP contribution is -3.00. The zero-order valence-electron chi connectivity index (χ0n) is 16.8. The predicted octanol–water partition coefficient (Wildman–Crippen LogP) is -0.671. The number of rotatable bonds is 7. The Hall–Kier alpha value is -1.43. The van der Waals surface area contributed by atoms with E-state index in [1.165, 1.54) is 6.92 Å². The van der Waals surface area contributed by atoms with E-state index in [4.69, 9.17) is 4.74 Å². The molecule has 0 aromatic heterocycles. The molecule has 6 heteroatoms. The Morgan fingerprint density at radius 3 is 2.59 bits per heavy atom. The van der Waals surface area contributed by atoms with Crippen LogP contribution < -0.4 is 22.5 Å². The fourth-order valence-electron chi connectivity index (χ4n) is 4.46. The topological polar surface area (TPSA) is 80.2 Å². The van der Waals surface area contributed by atoms with Crippen molar-refractivity contribution in [2.45, 2.75) is 59.5 Å². The van der Waals surface area contributed by atoms with E-state index in [-0.39, 0.29) is 35.1 Å². The molecular weight excluding hydrogens is 366 g/mol. The minimum absolute atomic E-state index is 0. The van der Waals surface area contributed by atoms with Gasteiger partial charge < -0.3 is 27.6 Å². The van der Waals surface area contributed by atoms with Crippen LogP contribution in [0.4, 0.5) is 0 Å². The smallest absolute Gasteiger partial charge is 0.308 e. The molecule has 2 atom stereocenters. The first-order chi connectivity index (χ1) is 12.1. The van der Waals surface area contributed by atoms with Crippen molar-refractivity contribution in [2.75, 3.05) is 13.1 Å². The molecule has 1 aromatic carbocycles. The van der Waals surface area contributed by atoms with Crippen molar-refractivity contribution in [1.29, 1.82) is 0 Å². The van der Waals surface area contributed by atoms with E-state index in [1.807, 2.05) is 0 Å². The van der Waals surface area contributed by atoms with Gasteiger partial charge in [0.25, 0.3) is 0 Å². The number of ketones is 1. The molecule has 0 spiro atoms. The molecule has 0 radical (unpaired) electrons. The number of aliphatic hydroxyl groups excluding tert-OH is 1. The molecule has 0 aliphatic heterocycles. The standard InChI is InChI=1S/C21H31NO4.ClH/c1-15(23)26-18-7-5-6-16(10-18)19(25)8-9-22-14-21(4)12-17(24)11-20(2,3)13-21;/h5-7,10,17,22,24H,8-9,11-14H2,1-4H3;1H. The lowest BCUT2D eigenvalue weighted by molar-refractivity contribution is -0.666. The number of aliphatic hydroxyl groups is 1. The first-order valence-electron chi connectivity index (χ1n) is 9.40. The summed E-state index contributed by atoms with van der Waals surface area (Å²) in [6, 6.07) is 6.75. The van der Waals surface area contributed by atoms with E-state index >= 15 is 0 Å². The lowest BCUT2D eigenvalue weighted by Gasteiger charge is -2.44. The van der Waals surface area contributed by atoms with Crippen molar-refractivity contribution >= 4 is 11.8 Å². The Morgan fingerprint density at radius 2 is 1.96 bits per heavy atom.